The highest BCUT2D eigenvalue weighted by Crippen LogP contribution is 2.24. The van der Waals surface area contributed by atoms with E-state index in [1.807, 2.05) is 0 Å². The number of Topliss-reactive ketones (excluding diaryl/α,β-unsaturated/α-hetero) is 1. The van der Waals surface area contributed by atoms with E-state index < -0.39 is 17.3 Å². The minimum absolute atomic E-state index is 0.0263. The Morgan fingerprint density at radius 3 is 2.24 bits per heavy atom. The zero-order valence-electron chi connectivity index (χ0n) is 11.3. The van der Waals surface area contributed by atoms with E-state index in [1.165, 1.54) is 6.07 Å². The Morgan fingerprint density at radius 1 is 1.10 bits per heavy atom. The van der Waals surface area contributed by atoms with Crippen LogP contribution in [0.15, 0.2) is 42.5 Å². The summed E-state index contributed by atoms with van der Waals surface area (Å²) in [6.45, 7) is 1.78. The maximum Gasteiger partial charge on any atom is 0.338 e. The highest BCUT2D eigenvalue weighted by atomic mass is 19.1. The maximum atomic E-state index is 13.5. The summed E-state index contributed by atoms with van der Waals surface area (Å²) in [5, 5.41) is 8.74. The lowest BCUT2D eigenvalue weighted by atomic mass is 10.1. The van der Waals surface area contributed by atoms with Crippen LogP contribution in [0.5, 0.6) is 11.5 Å². The molecule has 0 aromatic heterocycles. The van der Waals surface area contributed by atoms with Crippen LogP contribution in [0.1, 0.15) is 34.1 Å². The molecule has 0 radical (unpaired) electrons. The van der Waals surface area contributed by atoms with Crippen molar-refractivity contribution in [2.75, 3.05) is 0 Å². The van der Waals surface area contributed by atoms with E-state index >= 15 is 0 Å². The second kappa shape index (κ2) is 6.17. The van der Waals surface area contributed by atoms with E-state index in [-0.39, 0.29) is 11.5 Å². The lowest BCUT2D eigenvalue weighted by Crippen LogP contribution is -2.00. The van der Waals surface area contributed by atoms with Crippen LogP contribution in [0.3, 0.4) is 0 Å². The molecule has 0 fully saturated rings. The van der Waals surface area contributed by atoms with Gasteiger partial charge >= 0.3 is 5.97 Å². The van der Waals surface area contributed by atoms with Crippen LogP contribution in [-0.4, -0.2) is 16.9 Å². The number of halogens is 1. The molecule has 2 aromatic carbocycles. The SMILES string of the molecule is CCC(=O)c1ccc(Oc2ccc(C(=O)O)c(F)c2)cc1. The third-order valence-electron chi connectivity index (χ3n) is 2.90. The Morgan fingerprint density at radius 2 is 1.71 bits per heavy atom. The van der Waals surface area contributed by atoms with Crippen LogP contribution >= 0.6 is 0 Å². The maximum absolute atomic E-state index is 13.5. The monoisotopic (exact) mass is 288 g/mol. The number of hydrogen-bond acceptors (Lipinski definition) is 3. The molecule has 2 rings (SSSR count). The number of carboxylic acid groups (broad SMARTS) is 1. The number of aromatic carboxylic acids is 1. The molecule has 4 nitrogen and oxygen atoms in total. The second-order valence-corrected chi connectivity index (χ2v) is 4.35. The standard InChI is InChI=1S/C16H13FO4/c1-2-15(18)10-3-5-11(6-4-10)21-12-7-8-13(16(19)20)14(17)9-12/h3-9H,2H2,1H3,(H,19,20). The molecule has 0 saturated carbocycles. The molecule has 0 spiro atoms. The Bertz CT molecular complexity index is 677. The van der Waals surface area contributed by atoms with Gasteiger partial charge in [-0.15, -0.1) is 0 Å². The number of benzene rings is 2. The summed E-state index contributed by atoms with van der Waals surface area (Å²) in [5.41, 5.74) is 0.170. The minimum atomic E-state index is -1.33. The normalized spacial score (nSPS) is 10.2. The van der Waals surface area contributed by atoms with Gasteiger partial charge in [-0.3, -0.25) is 4.79 Å². The Hall–Kier alpha value is -2.69. The number of carbonyl (C=O) groups excluding carboxylic acids is 1. The molecule has 0 unspecified atom stereocenters. The van der Waals surface area contributed by atoms with Gasteiger partial charge in [0.05, 0.1) is 5.56 Å². The van der Waals surface area contributed by atoms with Crippen molar-refractivity contribution >= 4 is 11.8 Å². The van der Waals surface area contributed by atoms with E-state index in [0.29, 0.717) is 17.7 Å². The molecule has 0 aliphatic rings. The number of hydrogen-bond donors (Lipinski definition) is 1. The van der Waals surface area contributed by atoms with Crippen molar-refractivity contribution in [2.24, 2.45) is 0 Å². The van der Waals surface area contributed by atoms with Crippen LogP contribution < -0.4 is 4.74 Å². The fraction of sp³-hybridized carbons (Fsp3) is 0.125. The van der Waals surface area contributed by atoms with Gasteiger partial charge in [0.2, 0.25) is 0 Å². The molecular weight excluding hydrogens is 275 g/mol. The predicted octanol–water partition coefficient (Wildman–Crippen LogP) is 3.91. The summed E-state index contributed by atoms with van der Waals surface area (Å²) in [5.74, 6) is -1.55. The van der Waals surface area contributed by atoms with Crippen molar-refractivity contribution < 1.29 is 23.8 Å². The molecule has 108 valence electrons. The Labute approximate surface area is 120 Å². The molecule has 1 N–H and O–H groups in total. The van der Waals surface area contributed by atoms with E-state index in [0.717, 1.165) is 12.1 Å². The van der Waals surface area contributed by atoms with Gasteiger partial charge in [0.15, 0.2) is 5.78 Å². The van der Waals surface area contributed by atoms with Crippen LogP contribution in [0, 0.1) is 5.82 Å². The van der Waals surface area contributed by atoms with Gasteiger partial charge in [-0.1, -0.05) is 6.92 Å². The summed E-state index contributed by atoms with van der Waals surface area (Å²) in [4.78, 5) is 22.2. The highest BCUT2D eigenvalue weighted by Gasteiger charge is 2.11. The van der Waals surface area contributed by atoms with Gasteiger partial charge in [-0.05, 0) is 36.4 Å². The van der Waals surface area contributed by atoms with Crippen molar-refractivity contribution in [1.82, 2.24) is 0 Å². The third-order valence-corrected chi connectivity index (χ3v) is 2.90. The number of carboxylic acids is 1. The van der Waals surface area contributed by atoms with E-state index in [2.05, 4.69) is 0 Å². The van der Waals surface area contributed by atoms with Crippen molar-refractivity contribution in [3.63, 3.8) is 0 Å². The quantitative estimate of drug-likeness (QED) is 0.847. The smallest absolute Gasteiger partial charge is 0.338 e. The number of rotatable bonds is 5. The fourth-order valence-electron chi connectivity index (χ4n) is 1.78. The lowest BCUT2D eigenvalue weighted by molar-refractivity contribution is 0.0691. The molecule has 0 aliphatic carbocycles. The van der Waals surface area contributed by atoms with Gasteiger partial charge in [-0.2, -0.15) is 0 Å². The average molecular weight is 288 g/mol. The van der Waals surface area contributed by atoms with Crippen LogP contribution in [0.4, 0.5) is 4.39 Å². The molecule has 0 aliphatic heterocycles. The highest BCUT2D eigenvalue weighted by molar-refractivity contribution is 5.95. The van der Waals surface area contributed by atoms with Crippen molar-refractivity contribution in [1.29, 1.82) is 0 Å². The van der Waals surface area contributed by atoms with Crippen molar-refractivity contribution in [3.8, 4) is 11.5 Å². The summed E-state index contributed by atoms with van der Waals surface area (Å²) >= 11 is 0. The summed E-state index contributed by atoms with van der Waals surface area (Å²) < 4.78 is 18.9. The van der Waals surface area contributed by atoms with Crippen molar-refractivity contribution in [2.45, 2.75) is 13.3 Å². The van der Waals surface area contributed by atoms with Gasteiger partial charge in [0, 0.05) is 18.1 Å². The van der Waals surface area contributed by atoms with Crippen LogP contribution in [0.2, 0.25) is 0 Å². The number of carbonyl (C=O) groups is 2. The topological polar surface area (TPSA) is 63.6 Å². The lowest BCUT2D eigenvalue weighted by Gasteiger charge is -2.07. The van der Waals surface area contributed by atoms with Crippen LogP contribution in [0.25, 0.3) is 0 Å². The van der Waals surface area contributed by atoms with E-state index in [9.17, 15) is 14.0 Å². The molecule has 0 heterocycles. The molecule has 0 bridgehead atoms. The average Bonchev–Trinajstić information content (AvgIpc) is 2.47. The van der Waals surface area contributed by atoms with Crippen molar-refractivity contribution in [3.05, 3.63) is 59.4 Å². The second-order valence-electron chi connectivity index (χ2n) is 4.35. The first kappa shape index (κ1) is 14.7. The number of ether oxygens (including phenoxy) is 1. The third kappa shape index (κ3) is 3.45. The molecule has 0 atom stereocenters. The van der Waals surface area contributed by atoms with E-state index in [4.69, 9.17) is 9.84 Å². The molecule has 0 saturated heterocycles. The predicted molar refractivity (Wildman–Crippen MR) is 74.5 cm³/mol. The first-order chi connectivity index (χ1) is 10.0. The first-order valence-corrected chi connectivity index (χ1v) is 6.35. The largest absolute Gasteiger partial charge is 0.478 e. The Kier molecular flexibility index (Phi) is 4.33. The molecule has 5 heteroatoms. The van der Waals surface area contributed by atoms with Gasteiger partial charge < -0.3 is 9.84 Å². The zero-order chi connectivity index (χ0) is 15.4. The summed E-state index contributed by atoms with van der Waals surface area (Å²) in [6, 6.07) is 9.98. The van der Waals surface area contributed by atoms with Gasteiger partial charge in [-0.25, -0.2) is 9.18 Å². The zero-order valence-corrected chi connectivity index (χ0v) is 11.3. The van der Waals surface area contributed by atoms with Gasteiger partial charge in [0.1, 0.15) is 17.3 Å². The minimum Gasteiger partial charge on any atom is -0.478 e. The van der Waals surface area contributed by atoms with E-state index in [1.54, 1.807) is 31.2 Å². The molecule has 0 amide bonds. The Balaban J connectivity index is 2.17. The summed E-state index contributed by atoms with van der Waals surface area (Å²) in [6.07, 6.45) is 0.419. The molecule has 21 heavy (non-hydrogen) atoms. The molecule has 2 aromatic rings. The van der Waals surface area contributed by atoms with Crippen LogP contribution in [-0.2, 0) is 0 Å². The fourth-order valence-corrected chi connectivity index (χ4v) is 1.78. The first-order valence-electron chi connectivity index (χ1n) is 6.35. The van der Waals surface area contributed by atoms with Gasteiger partial charge in [0.25, 0.3) is 0 Å². The molecular formula is C16H13FO4. The number of ketones is 1. The summed E-state index contributed by atoms with van der Waals surface area (Å²) in [7, 11) is 0.